The number of nitrogens with zero attached hydrogens (tertiary/aromatic N) is 4. The van der Waals surface area contributed by atoms with Crippen molar-refractivity contribution in [2.75, 3.05) is 0 Å². The molecule has 3 heterocycles. The van der Waals surface area contributed by atoms with E-state index in [1.165, 1.54) is 27.2 Å². The quantitative estimate of drug-likeness (QED) is 0.209. The van der Waals surface area contributed by atoms with Crippen molar-refractivity contribution in [3.05, 3.63) is 152 Å². The van der Waals surface area contributed by atoms with Crippen LogP contribution in [0.15, 0.2) is 152 Å². The Morgan fingerprint density at radius 2 is 1.21 bits per heavy atom. The zero-order valence-electron chi connectivity index (χ0n) is 23.5. The summed E-state index contributed by atoms with van der Waals surface area (Å²) in [5, 5.41) is 3.64. The van der Waals surface area contributed by atoms with Crippen LogP contribution < -0.4 is 5.73 Å². The second kappa shape index (κ2) is 10.2. The molecular weight excluding hydrogens is 526 g/mol. The van der Waals surface area contributed by atoms with E-state index in [0.717, 1.165) is 46.0 Å². The zero-order chi connectivity index (χ0) is 28.8. The van der Waals surface area contributed by atoms with Gasteiger partial charge in [-0.15, -0.1) is 0 Å². The van der Waals surface area contributed by atoms with Crippen LogP contribution >= 0.6 is 0 Å². The average molecular weight is 556 g/mol. The van der Waals surface area contributed by atoms with Crippen molar-refractivity contribution < 1.29 is 0 Å². The van der Waals surface area contributed by atoms with E-state index in [1.807, 2.05) is 12.2 Å². The molecular formula is C38H29N5. The molecule has 5 heteroatoms. The molecule has 0 amide bonds. The molecule has 0 aliphatic carbocycles. The normalized spacial score (nSPS) is 12.2. The molecule has 8 aromatic rings. The summed E-state index contributed by atoms with van der Waals surface area (Å²) < 4.78 is 7.04. The summed E-state index contributed by atoms with van der Waals surface area (Å²) >= 11 is 0. The van der Waals surface area contributed by atoms with E-state index in [2.05, 4.69) is 147 Å². The Hall–Kier alpha value is -5.81. The molecule has 0 aliphatic heterocycles. The molecule has 206 valence electrons. The first-order valence-electron chi connectivity index (χ1n) is 14.5. The summed E-state index contributed by atoms with van der Waals surface area (Å²) in [6, 6.07) is 44.8. The highest BCUT2D eigenvalue weighted by atomic mass is 15.2. The average Bonchev–Trinajstić information content (AvgIpc) is 3.71. The number of benzene rings is 5. The molecule has 8 rings (SSSR count). The van der Waals surface area contributed by atoms with Gasteiger partial charge in [0.05, 0.1) is 11.0 Å². The molecule has 0 fully saturated rings. The van der Waals surface area contributed by atoms with Crippen molar-refractivity contribution in [1.29, 1.82) is 0 Å². The lowest BCUT2D eigenvalue weighted by molar-refractivity contribution is 0.899. The van der Waals surface area contributed by atoms with Gasteiger partial charge in [-0.25, -0.2) is 4.98 Å². The van der Waals surface area contributed by atoms with Crippen LogP contribution in [0.4, 0.5) is 0 Å². The van der Waals surface area contributed by atoms with E-state index in [1.54, 1.807) is 6.20 Å². The summed E-state index contributed by atoms with van der Waals surface area (Å²) in [5.41, 5.74) is 14.4. The van der Waals surface area contributed by atoms with E-state index in [9.17, 15) is 0 Å². The third-order valence-electron chi connectivity index (χ3n) is 8.17. The molecule has 5 aromatic carbocycles. The number of rotatable bonds is 6. The van der Waals surface area contributed by atoms with Gasteiger partial charge in [-0.1, -0.05) is 97.1 Å². The fourth-order valence-corrected chi connectivity index (χ4v) is 6.41. The SMILES string of the molecule is N/C=C\C=C/Cn1c2ccccc2c2c3c4c(nc(-c5ccccc5)n4-c4ccccc4)n(-c4ccccc4)c3ccc21. The fourth-order valence-electron chi connectivity index (χ4n) is 6.41. The van der Waals surface area contributed by atoms with E-state index in [0.29, 0.717) is 0 Å². The molecule has 0 atom stereocenters. The number of imidazole rings is 1. The van der Waals surface area contributed by atoms with Gasteiger partial charge >= 0.3 is 0 Å². The number of hydrogen-bond donors (Lipinski definition) is 1. The van der Waals surface area contributed by atoms with Crippen LogP contribution in [0.1, 0.15) is 0 Å². The first-order valence-corrected chi connectivity index (χ1v) is 14.5. The summed E-state index contributed by atoms with van der Waals surface area (Å²) in [4.78, 5) is 5.43. The molecule has 0 bridgehead atoms. The van der Waals surface area contributed by atoms with Gasteiger partial charge < -0.3 is 10.3 Å². The molecule has 5 nitrogen and oxygen atoms in total. The standard InChI is InChI=1S/C38H29N5/c39-25-13-4-14-26-41-31-22-12-11-21-30(31)34-32(41)23-24-33-35(34)36-38(42(33)28-17-7-2-8-18-28)40-37(27-15-5-1-6-16-27)43(36)29-19-9-3-10-20-29/h1-25H,26,39H2/b14-4-,25-13-. The Morgan fingerprint density at radius 1 is 0.581 bits per heavy atom. The highest BCUT2D eigenvalue weighted by Gasteiger charge is 2.26. The number of allylic oxidation sites excluding steroid dienone is 3. The van der Waals surface area contributed by atoms with Gasteiger partial charge in [-0.3, -0.25) is 9.13 Å². The third kappa shape index (κ3) is 3.90. The van der Waals surface area contributed by atoms with Crippen molar-refractivity contribution in [2.45, 2.75) is 6.54 Å². The van der Waals surface area contributed by atoms with Gasteiger partial charge in [-0.2, -0.15) is 0 Å². The molecule has 2 N–H and O–H groups in total. The number of nitrogens with two attached hydrogens (primary N) is 1. The predicted octanol–water partition coefficient (Wildman–Crippen LogP) is 8.77. The number of hydrogen-bond acceptors (Lipinski definition) is 2. The van der Waals surface area contributed by atoms with Crippen molar-refractivity contribution >= 4 is 43.9 Å². The van der Waals surface area contributed by atoms with Crippen molar-refractivity contribution in [1.82, 2.24) is 18.7 Å². The summed E-state index contributed by atoms with van der Waals surface area (Å²) in [5.74, 6) is 0.917. The highest BCUT2D eigenvalue weighted by Crippen LogP contribution is 2.43. The Labute approximate surface area is 249 Å². The van der Waals surface area contributed by atoms with Gasteiger partial charge in [0.2, 0.25) is 0 Å². The summed E-state index contributed by atoms with van der Waals surface area (Å²) in [6.45, 7) is 0.732. The van der Waals surface area contributed by atoms with Gasteiger partial charge in [-0.05, 0) is 54.7 Å². The van der Waals surface area contributed by atoms with Crippen LogP contribution in [-0.4, -0.2) is 18.7 Å². The molecule has 0 aliphatic rings. The zero-order valence-corrected chi connectivity index (χ0v) is 23.5. The fraction of sp³-hybridized carbons (Fsp3) is 0.0263. The van der Waals surface area contributed by atoms with Crippen LogP contribution in [-0.2, 0) is 6.54 Å². The molecule has 0 saturated heterocycles. The maximum absolute atomic E-state index is 5.59. The number of aromatic nitrogens is 4. The largest absolute Gasteiger partial charge is 0.405 e. The second-order valence-corrected chi connectivity index (χ2v) is 10.6. The van der Waals surface area contributed by atoms with Gasteiger partial charge in [0, 0.05) is 45.2 Å². The lowest BCUT2D eigenvalue weighted by Gasteiger charge is -2.11. The van der Waals surface area contributed by atoms with Crippen LogP contribution in [0, 0.1) is 0 Å². The van der Waals surface area contributed by atoms with E-state index >= 15 is 0 Å². The summed E-state index contributed by atoms with van der Waals surface area (Å²) in [6.07, 6.45) is 7.56. The van der Waals surface area contributed by atoms with E-state index < -0.39 is 0 Å². The predicted molar refractivity (Wildman–Crippen MR) is 179 cm³/mol. The topological polar surface area (TPSA) is 53.7 Å². The highest BCUT2D eigenvalue weighted by molar-refractivity contribution is 6.28. The molecule has 0 spiro atoms. The lowest BCUT2D eigenvalue weighted by Crippen LogP contribution is -1.98. The van der Waals surface area contributed by atoms with Crippen molar-refractivity contribution in [3.8, 4) is 22.8 Å². The molecule has 43 heavy (non-hydrogen) atoms. The van der Waals surface area contributed by atoms with Gasteiger partial charge in [0.15, 0.2) is 5.65 Å². The minimum Gasteiger partial charge on any atom is -0.405 e. The van der Waals surface area contributed by atoms with Gasteiger partial charge in [0.25, 0.3) is 0 Å². The first kappa shape index (κ1) is 24.9. The smallest absolute Gasteiger partial charge is 0.165 e. The molecule has 0 saturated carbocycles. The van der Waals surface area contributed by atoms with Gasteiger partial charge in [0.1, 0.15) is 11.3 Å². The summed E-state index contributed by atoms with van der Waals surface area (Å²) in [7, 11) is 0. The third-order valence-corrected chi connectivity index (χ3v) is 8.17. The minimum absolute atomic E-state index is 0.732. The maximum Gasteiger partial charge on any atom is 0.165 e. The Balaban J connectivity index is 1.59. The molecule has 0 radical (unpaired) electrons. The monoisotopic (exact) mass is 555 g/mol. The Kier molecular flexibility index (Phi) is 5.93. The van der Waals surface area contributed by atoms with E-state index in [-0.39, 0.29) is 0 Å². The Morgan fingerprint density at radius 3 is 1.93 bits per heavy atom. The minimum atomic E-state index is 0.732. The number of para-hydroxylation sites is 3. The lowest BCUT2D eigenvalue weighted by atomic mass is 10.1. The van der Waals surface area contributed by atoms with E-state index in [4.69, 9.17) is 10.7 Å². The second-order valence-electron chi connectivity index (χ2n) is 10.6. The van der Waals surface area contributed by atoms with Crippen molar-refractivity contribution in [3.63, 3.8) is 0 Å². The molecule has 3 aromatic heterocycles. The van der Waals surface area contributed by atoms with Crippen LogP contribution in [0.5, 0.6) is 0 Å². The van der Waals surface area contributed by atoms with Crippen LogP contribution in [0.2, 0.25) is 0 Å². The van der Waals surface area contributed by atoms with Crippen LogP contribution in [0.3, 0.4) is 0 Å². The molecule has 0 unspecified atom stereocenters. The Bertz CT molecular complexity index is 2300. The maximum atomic E-state index is 5.59. The first-order chi connectivity index (χ1) is 21.3. The van der Waals surface area contributed by atoms with Crippen LogP contribution in [0.25, 0.3) is 66.6 Å². The van der Waals surface area contributed by atoms with Crippen molar-refractivity contribution in [2.24, 2.45) is 5.73 Å². The number of fused-ring (bicyclic) bond motifs is 7.